The van der Waals surface area contributed by atoms with E-state index in [2.05, 4.69) is 66.0 Å². The van der Waals surface area contributed by atoms with Gasteiger partial charge in [0.1, 0.15) is 5.76 Å². The van der Waals surface area contributed by atoms with Crippen LogP contribution >= 0.6 is 0 Å². The fourth-order valence-electron chi connectivity index (χ4n) is 3.84. The number of benzene rings is 1. The minimum Gasteiger partial charge on any atom is -0.468 e. The highest BCUT2D eigenvalue weighted by Gasteiger charge is 2.45. The Labute approximate surface area is 125 Å². The van der Waals surface area contributed by atoms with Gasteiger partial charge in [-0.2, -0.15) is 0 Å². The zero-order valence-corrected chi connectivity index (χ0v) is 11.9. The van der Waals surface area contributed by atoms with E-state index in [9.17, 15) is 0 Å². The van der Waals surface area contributed by atoms with E-state index in [-0.39, 0.29) is 11.5 Å². The van der Waals surface area contributed by atoms with Gasteiger partial charge >= 0.3 is 0 Å². The Morgan fingerprint density at radius 1 is 1.05 bits per heavy atom. The first kappa shape index (κ1) is 12.7. The minimum absolute atomic E-state index is 0.0682. The van der Waals surface area contributed by atoms with E-state index < -0.39 is 0 Å². The molecule has 4 rings (SSSR count). The molecule has 0 saturated carbocycles. The van der Waals surface area contributed by atoms with Crippen LogP contribution in [0.3, 0.4) is 0 Å². The van der Waals surface area contributed by atoms with Crippen molar-refractivity contribution < 1.29 is 4.42 Å². The molecular weight excluding hydrogens is 258 g/mol. The first-order valence-electron chi connectivity index (χ1n) is 7.58. The summed E-state index contributed by atoms with van der Waals surface area (Å²) in [5, 5.41) is 3.64. The third-order valence-corrected chi connectivity index (χ3v) is 4.84. The van der Waals surface area contributed by atoms with E-state index in [1.807, 2.05) is 6.07 Å². The highest BCUT2D eigenvalue weighted by Crippen LogP contribution is 2.48. The molecule has 1 saturated heterocycles. The molecule has 0 bridgehead atoms. The van der Waals surface area contributed by atoms with Crippen LogP contribution in [0.15, 0.2) is 77.4 Å². The Morgan fingerprint density at radius 2 is 1.95 bits per heavy atom. The Kier molecular flexibility index (Phi) is 3.04. The first-order chi connectivity index (χ1) is 10.4. The predicted molar refractivity (Wildman–Crippen MR) is 84.0 cm³/mol. The van der Waals surface area contributed by atoms with Gasteiger partial charge in [-0.15, -0.1) is 0 Å². The van der Waals surface area contributed by atoms with Crippen molar-refractivity contribution in [2.24, 2.45) is 5.92 Å². The van der Waals surface area contributed by atoms with Crippen molar-refractivity contribution in [3.8, 4) is 0 Å². The van der Waals surface area contributed by atoms with Gasteiger partial charge < -0.3 is 9.73 Å². The highest BCUT2D eigenvalue weighted by atomic mass is 16.3. The minimum atomic E-state index is 0.0682. The number of nitrogens with one attached hydrogen (secondary N) is 1. The van der Waals surface area contributed by atoms with E-state index >= 15 is 0 Å². The topological polar surface area (TPSA) is 25.2 Å². The van der Waals surface area contributed by atoms with Gasteiger partial charge in [0, 0.05) is 11.3 Å². The smallest absolute Gasteiger partial charge is 0.121 e. The largest absolute Gasteiger partial charge is 0.468 e. The second-order valence-corrected chi connectivity index (χ2v) is 5.87. The summed E-state index contributed by atoms with van der Waals surface area (Å²) in [6.07, 6.45) is 11.9. The summed E-state index contributed by atoms with van der Waals surface area (Å²) in [5.41, 5.74) is 1.47. The summed E-state index contributed by atoms with van der Waals surface area (Å²) < 4.78 is 5.68. The van der Waals surface area contributed by atoms with Crippen LogP contribution < -0.4 is 5.32 Å². The second-order valence-electron chi connectivity index (χ2n) is 5.87. The molecule has 2 aliphatic rings. The van der Waals surface area contributed by atoms with Crippen molar-refractivity contribution in [1.29, 1.82) is 0 Å². The van der Waals surface area contributed by atoms with Crippen LogP contribution in [0, 0.1) is 5.92 Å². The van der Waals surface area contributed by atoms with Gasteiger partial charge in [-0.05, 0) is 30.7 Å². The average molecular weight is 277 g/mol. The van der Waals surface area contributed by atoms with Crippen LogP contribution in [-0.2, 0) is 5.41 Å². The number of furan rings is 1. The summed E-state index contributed by atoms with van der Waals surface area (Å²) >= 11 is 0. The monoisotopic (exact) mass is 277 g/mol. The van der Waals surface area contributed by atoms with Crippen LogP contribution in [0.2, 0.25) is 0 Å². The highest BCUT2D eigenvalue weighted by molar-refractivity contribution is 5.40. The van der Waals surface area contributed by atoms with Gasteiger partial charge in [-0.1, -0.05) is 54.6 Å². The number of hydrogen-bond acceptors (Lipinski definition) is 2. The normalized spacial score (nSPS) is 31.0. The van der Waals surface area contributed by atoms with E-state index in [4.69, 9.17) is 4.42 Å². The lowest BCUT2D eigenvalue weighted by Gasteiger charge is -2.47. The molecule has 0 unspecified atom stereocenters. The molecule has 2 heteroatoms. The van der Waals surface area contributed by atoms with E-state index in [1.165, 1.54) is 5.56 Å². The van der Waals surface area contributed by atoms with Gasteiger partial charge in [-0.25, -0.2) is 0 Å². The van der Waals surface area contributed by atoms with Gasteiger partial charge in [0.25, 0.3) is 0 Å². The third-order valence-electron chi connectivity index (χ3n) is 4.84. The lowest BCUT2D eigenvalue weighted by Crippen LogP contribution is -2.48. The molecule has 2 nitrogen and oxygen atoms in total. The Morgan fingerprint density at radius 3 is 2.76 bits per heavy atom. The maximum absolute atomic E-state index is 5.68. The molecule has 0 amide bonds. The molecule has 1 N–H and O–H groups in total. The third kappa shape index (κ3) is 1.98. The van der Waals surface area contributed by atoms with Gasteiger partial charge in [0.2, 0.25) is 0 Å². The lowest BCUT2D eigenvalue weighted by atomic mass is 9.61. The Balaban J connectivity index is 1.81. The molecule has 2 heterocycles. The van der Waals surface area contributed by atoms with Crippen molar-refractivity contribution in [3.05, 3.63) is 84.4 Å². The molecule has 1 aliphatic heterocycles. The van der Waals surface area contributed by atoms with E-state index in [0.29, 0.717) is 5.92 Å². The number of fused-ring (bicyclic) bond motifs is 1. The molecule has 21 heavy (non-hydrogen) atoms. The Hall–Kier alpha value is -2.06. The molecule has 0 spiro atoms. The van der Waals surface area contributed by atoms with Crippen LogP contribution in [0.4, 0.5) is 0 Å². The molecule has 3 atom stereocenters. The number of piperidine rings is 1. The molecule has 1 aliphatic carbocycles. The van der Waals surface area contributed by atoms with Crippen molar-refractivity contribution in [3.63, 3.8) is 0 Å². The van der Waals surface area contributed by atoms with Crippen molar-refractivity contribution in [2.75, 3.05) is 6.54 Å². The maximum atomic E-state index is 5.68. The summed E-state index contributed by atoms with van der Waals surface area (Å²) in [5.74, 6) is 1.41. The molecule has 106 valence electrons. The SMILES string of the molecule is C1=C[C@@H]2[C@@H](c3ccco3)NCC[C@]2(c2ccccc2)C=C1. The molecule has 1 fully saturated rings. The second kappa shape index (κ2) is 5.05. The fourth-order valence-corrected chi connectivity index (χ4v) is 3.84. The number of hydrogen-bond donors (Lipinski definition) is 1. The summed E-state index contributed by atoms with van der Waals surface area (Å²) in [7, 11) is 0. The molecule has 1 aromatic carbocycles. The van der Waals surface area contributed by atoms with Crippen LogP contribution in [-0.4, -0.2) is 6.54 Å². The lowest BCUT2D eigenvalue weighted by molar-refractivity contribution is 0.205. The summed E-state index contributed by atoms with van der Waals surface area (Å²) in [4.78, 5) is 0. The predicted octanol–water partition coefficient (Wildman–Crippen LogP) is 3.99. The first-order valence-corrected chi connectivity index (χ1v) is 7.58. The Bertz CT molecular complexity index is 656. The number of rotatable bonds is 2. The summed E-state index contributed by atoms with van der Waals surface area (Å²) in [6, 6.07) is 15.1. The van der Waals surface area contributed by atoms with Crippen molar-refractivity contribution in [1.82, 2.24) is 5.32 Å². The van der Waals surface area contributed by atoms with Crippen LogP contribution in [0.25, 0.3) is 0 Å². The molecule has 0 radical (unpaired) electrons. The van der Waals surface area contributed by atoms with Gasteiger partial charge in [0.05, 0.1) is 12.3 Å². The quantitative estimate of drug-likeness (QED) is 0.897. The standard InChI is InChI=1S/C19H19NO/c1-2-7-15(8-3-1)19-11-5-4-9-16(19)18(20-13-12-19)17-10-6-14-21-17/h1-11,14,16,18,20H,12-13H2/t16-,18+,19+/m1/s1. The molecule has 1 aromatic heterocycles. The zero-order valence-electron chi connectivity index (χ0n) is 11.9. The van der Waals surface area contributed by atoms with E-state index in [1.54, 1.807) is 6.26 Å². The maximum Gasteiger partial charge on any atom is 0.121 e. The molecule has 2 aromatic rings. The van der Waals surface area contributed by atoms with Crippen LogP contribution in [0.1, 0.15) is 23.8 Å². The fraction of sp³-hybridized carbons (Fsp3) is 0.263. The molecular formula is C19H19NO. The number of allylic oxidation sites excluding steroid dienone is 3. The van der Waals surface area contributed by atoms with E-state index in [0.717, 1.165) is 18.7 Å². The average Bonchev–Trinajstić information content (AvgIpc) is 3.09. The van der Waals surface area contributed by atoms with Gasteiger partial charge in [-0.3, -0.25) is 0 Å². The van der Waals surface area contributed by atoms with Gasteiger partial charge in [0.15, 0.2) is 0 Å². The van der Waals surface area contributed by atoms with Crippen LogP contribution in [0.5, 0.6) is 0 Å². The van der Waals surface area contributed by atoms with Crippen molar-refractivity contribution >= 4 is 0 Å². The zero-order chi connectivity index (χ0) is 14.1. The summed E-state index contributed by atoms with van der Waals surface area (Å²) in [6.45, 7) is 0.995. The van der Waals surface area contributed by atoms with Crippen molar-refractivity contribution in [2.45, 2.75) is 17.9 Å².